The molecule has 0 amide bonds. The Morgan fingerprint density at radius 1 is 1.50 bits per heavy atom. The fourth-order valence-corrected chi connectivity index (χ4v) is 3.40. The van der Waals surface area contributed by atoms with Gasteiger partial charge in [-0.2, -0.15) is 0 Å². The van der Waals surface area contributed by atoms with E-state index in [1.165, 1.54) is 0 Å². The second-order valence-electron chi connectivity index (χ2n) is 5.49. The van der Waals surface area contributed by atoms with E-state index in [0.717, 1.165) is 23.2 Å². The first-order chi connectivity index (χ1) is 8.49. The minimum absolute atomic E-state index is 0.194. The molecule has 96 valence electrons. The van der Waals surface area contributed by atoms with Crippen LogP contribution in [-0.4, -0.2) is 35.9 Å². The number of halogens is 1. The lowest BCUT2D eigenvalue weighted by molar-refractivity contribution is 0.0474. The van der Waals surface area contributed by atoms with Crippen molar-refractivity contribution in [3.63, 3.8) is 0 Å². The first-order valence-electron chi connectivity index (χ1n) is 6.21. The van der Waals surface area contributed by atoms with Crippen LogP contribution in [0, 0.1) is 0 Å². The number of ketones is 1. The van der Waals surface area contributed by atoms with Crippen molar-refractivity contribution in [1.82, 2.24) is 4.90 Å². The summed E-state index contributed by atoms with van der Waals surface area (Å²) in [5, 5.41) is 0. The largest absolute Gasteiger partial charge is 0.485 e. The number of carbonyl (C=O) groups is 1. The van der Waals surface area contributed by atoms with Crippen LogP contribution < -0.4 is 4.74 Å². The SMILES string of the molecule is CC1CC2(CC(=O)c3cc(Br)ccc3O2)CN1C. The molecule has 2 aliphatic heterocycles. The van der Waals surface area contributed by atoms with Gasteiger partial charge in [-0.05, 0) is 32.2 Å². The Morgan fingerprint density at radius 2 is 2.28 bits per heavy atom. The average Bonchev–Trinajstić information content (AvgIpc) is 2.55. The molecule has 2 aliphatic rings. The Labute approximate surface area is 115 Å². The lowest BCUT2D eigenvalue weighted by atomic mass is 9.88. The summed E-state index contributed by atoms with van der Waals surface area (Å²) < 4.78 is 7.09. The fraction of sp³-hybridized carbons (Fsp3) is 0.500. The van der Waals surface area contributed by atoms with Gasteiger partial charge in [-0.15, -0.1) is 0 Å². The number of ether oxygens (including phenoxy) is 1. The zero-order chi connectivity index (χ0) is 12.9. The molecule has 18 heavy (non-hydrogen) atoms. The van der Waals surface area contributed by atoms with Gasteiger partial charge in [0.15, 0.2) is 5.78 Å². The zero-order valence-corrected chi connectivity index (χ0v) is 12.2. The summed E-state index contributed by atoms with van der Waals surface area (Å²) in [6.45, 7) is 3.01. The van der Waals surface area contributed by atoms with Crippen LogP contribution in [0.2, 0.25) is 0 Å². The number of benzene rings is 1. The summed E-state index contributed by atoms with van der Waals surface area (Å²) in [5.74, 6) is 0.928. The molecular weight excluding hydrogens is 294 g/mol. The molecule has 3 rings (SSSR count). The molecule has 0 saturated carbocycles. The van der Waals surface area contributed by atoms with Crippen LogP contribution in [-0.2, 0) is 0 Å². The van der Waals surface area contributed by atoms with Crippen LogP contribution >= 0.6 is 15.9 Å². The van der Waals surface area contributed by atoms with E-state index in [-0.39, 0.29) is 11.4 Å². The van der Waals surface area contributed by atoms with Gasteiger partial charge in [-0.3, -0.25) is 9.69 Å². The number of fused-ring (bicyclic) bond motifs is 1. The van der Waals surface area contributed by atoms with Gasteiger partial charge in [-0.25, -0.2) is 0 Å². The van der Waals surface area contributed by atoms with Crippen LogP contribution in [0.15, 0.2) is 22.7 Å². The summed E-state index contributed by atoms with van der Waals surface area (Å²) in [6, 6.07) is 6.14. The molecule has 0 aromatic heterocycles. The number of likely N-dealkylation sites (tertiary alicyclic amines) is 1. The average molecular weight is 310 g/mol. The highest BCUT2D eigenvalue weighted by Crippen LogP contribution is 2.40. The van der Waals surface area contributed by atoms with Crippen molar-refractivity contribution >= 4 is 21.7 Å². The van der Waals surface area contributed by atoms with Crippen molar-refractivity contribution in [2.24, 2.45) is 0 Å². The van der Waals surface area contributed by atoms with Crippen molar-refractivity contribution in [3.8, 4) is 5.75 Å². The van der Waals surface area contributed by atoms with Crippen LogP contribution in [0.4, 0.5) is 0 Å². The highest BCUT2D eigenvalue weighted by molar-refractivity contribution is 9.10. The highest BCUT2D eigenvalue weighted by Gasteiger charge is 2.47. The second-order valence-corrected chi connectivity index (χ2v) is 6.41. The molecule has 3 nitrogen and oxygen atoms in total. The van der Waals surface area contributed by atoms with Crippen molar-refractivity contribution in [3.05, 3.63) is 28.2 Å². The quantitative estimate of drug-likeness (QED) is 0.738. The lowest BCUT2D eigenvalue weighted by Gasteiger charge is -2.34. The maximum absolute atomic E-state index is 12.3. The molecule has 1 saturated heterocycles. The van der Waals surface area contributed by atoms with E-state index in [9.17, 15) is 4.79 Å². The van der Waals surface area contributed by atoms with Gasteiger partial charge in [0.1, 0.15) is 11.4 Å². The lowest BCUT2D eigenvalue weighted by Crippen LogP contribution is -2.44. The van der Waals surface area contributed by atoms with E-state index in [1.807, 2.05) is 18.2 Å². The van der Waals surface area contributed by atoms with Gasteiger partial charge in [0.2, 0.25) is 0 Å². The van der Waals surface area contributed by atoms with E-state index < -0.39 is 0 Å². The van der Waals surface area contributed by atoms with Crippen molar-refractivity contribution in [2.75, 3.05) is 13.6 Å². The minimum atomic E-state index is -0.313. The zero-order valence-electron chi connectivity index (χ0n) is 10.6. The van der Waals surface area contributed by atoms with E-state index in [0.29, 0.717) is 18.0 Å². The predicted octanol–water partition coefficient (Wildman–Crippen LogP) is 2.88. The maximum Gasteiger partial charge on any atom is 0.170 e. The Hall–Kier alpha value is -0.870. The molecule has 2 atom stereocenters. The first kappa shape index (κ1) is 12.2. The van der Waals surface area contributed by atoms with Gasteiger partial charge in [-0.1, -0.05) is 15.9 Å². The molecule has 0 aliphatic carbocycles. The molecule has 0 N–H and O–H groups in total. The third kappa shape index (κ3) is 1.88. The Morgan fingerprint density at radius 3 is 2.94 bits per heavy atom. The van der Waals surface area contributed by atoms with Crippen molar-refractivity contribution in [2.45, 2.75) is 31.4 Å². The molecule has 1 aromatic rings. The second kappa shape index (κ2) is 4.07. The summed E-state index contributed by atoms with van der Waals surface area (Å²) >= 11 is 3.40. The maximum atomic E-state index is 12.3. The molecule has 2 unspecified atom stereocenters. The smallest absolute Gasteiger partial charge is 0.170 e. The fourth-order valence-electron chi connectivity index (χ4n) is 3.04. The molecule has 1 aromatic carbocycles. The van der Waals surface area contributed by atoms with Crippen molar-refractivity contribution in [1.29, 1.82) is 0 Å². The number of nitrogens with zero attached hydrogens (tertiary/aromatic N) is 1. The van der Waals surface area contributed by atoms with Crippen LogP contribution in [0.25, 0.3) is 0 Å². The van der Waals surface area contributed by atoms with Gasteiger partial charge < -0.3 is 4.74 Å². The van der Waals surface area contributed by atoms with Crippen molar-refractivity contribution < 1.29 is 9.53 Å². The molecule has 0 bridgehead atoms. The summed E-state index contributed by atoms with van der Waals surface area (Å²) in [5.41, 5.74) is 0.392. The van der Waals surface area contributed by atoms with E-state index in [2.05, 4.69) is 34.8 Å². The van der Waals surface area contributed by atoms with E-state index in [1.54, 1.807) is 0 Å². The Kier molecular flexibility index (Phi) is 2.75. The standard InChI is InChI=1S/C14H16BrNO2/c1-9-6-14(8-16(9)2)7-12(17)11-5-10(15)3-4-13(11)18-14/h3-5,9H,6-8H2,1-2H3. The number of likely N-dealkylation sites (N-methyl/N-ethyl adjacent to an activating group) is 1. The highest BCUT2D eigenvalue weighted by atomic mass is 79.9. The molecular formula is C14H16BrNO2. The molecule has 0 radical (unpaired) electrons. The molecule has 2 heterocycles. The van der Waals surface area contributed by atoms with Gasteiger partial charge in [0.25, 0.3) is 0 Å². The summed E-state index contributed by atoms with van der Waals surface area (Å²) in [4.78, 5) is 14.6. The first-order valence-corrected chi connectivity index (χ1v) is 7.00. The number of hydrogen-bond donors (Lipinski definition) is 0. The number of carbonyl (C=O) groups excluding carboxylic acids is 1. The Balaban J connectivity index is 1.97. The summed E-state index contributed by atoms with van der Waals surface area (Å²) in [7, 11) is 2.09. The minimum Gasteiger partial charge on any atom is -0.485 e. The third-order valence-corrected chi connectivity index (χ3v) is 4.50. The number of rotatable bonds is 0. The number of hydrogen-bond acceptors (Lipinski definition) is 3. The molecule has 4 heteroatoms. The van der Waals surface area contributed by atoms with E-state index in [4.69, 9.17) is 4.74 Å². The number of Topliss-reactive ketones (excluding diaryl/α,β-unsaturated/α-hetero) is 1. The van der Waals surface area contributed by atoms with Crippen LogP contribution in [0.3, 0.4) is 0 Å². The van der Waals surface area contributed by atoms with E-state index >= 15 is 0 Å². The normalized spacial score (nSPS) is 31.5. The molecule has 1 spiro atoms. The molecule has 1 fully saturated rings. The predicted molar refractivity (Wildman–Crippen MR) is 73.2 cm³/mol. The monoisotopic (exact) mass is 309 g/mol. The summed E-state index contributed by atoms with van der Waals surface area (Å²) in [6.07, 6.45) is 1.41. The van der Waals surface area contributed by atoms with Gasteiger partial charge in [0.05, 0.1) is 12.0 Å². The third-order valence-electron chi connectivity index (χ3n) is 4.01. The topological polar surface area (TPSA) is 29.5 Å². The van der Waals surface area contributed by atoms with Crippen LogP contribution in [0.5, 0.6) is 5.75 Å². The van der Waals surface area contributed by atoms with Gasteiger partial charge >= 0.3 is 0 Å². The van der Waals surface area contributed by atoms with Crippen LogP contribution in [0.1, 0.15) is 30.1 Å². The van der Waals surface area contributed by atoms with Gasteiger partial charge in [0, 0.05) is 23.5 Å². The Bertz CT molecular complexity index is 505.